The Kier molecular flexibility index (Phi) is 6.93. The number of hydrogen-bond acceptors (Lipinski definition) is 2. The first-order valence-electron chi connectivity index (χ1n) is 19.5. The fourth-order valence-corrected chi connectivity index (χ4v) is 9.21. The number of para-hydroxylation sites is 1. The lowest BCUT2D eigenvalue weighted by molar-refractivity contribution is 1.17. The van der Waals surface area contributed by atoms with E-state index in [2.05, 4.69) is 205 Å². The molecule has 0 atom stereocenters. The zero-order valence-corrected chi connectivity index (χ0v) is 30.9. The van der Waals surface area contributed by atoms with Crippen LogP contribution >= 0.6 is 0 Å². The van der Waals surface area contributed by atoms with Gasteiger partial charge in [0.25, 0.3) is 0 Å². The Morgan fingerprint density at radius 1 is 0.333 bits per heavy atom. The lowest BCUT2D eigenvalue weighted by Crippen LogP contribution is -1.98. The predicted octanol–water partition coefficient (Wildman–Crippen LogP) is 14.3. The molecule has 0 aliphatic heterocycles. The molecule has 0 aliphatic rings. The molecule has 0 fully saturated rings. The molecule has 12 rings (SSSR count). The number of hydrogen-bond donors (Lipinski definition) is 0. The van der Waals surface area contributed by atoms with E-state index >= 15 is 0 Å². The molecule has 0 radical (unpaired) electrons. The lowest BCUT2D eigenvalue weighted by atomic mass is 9.93. The molecule has 0 amide bonds. The molecule has 0 unspecified atom stereocenters. The van der Waals surface area contributed by atoms with E-state index in [9.17, 15) is 0 Å². The molecule has 0 saturated heterocycles. The molecule has 3 nitrogen and oxygen atoms in total. The summed E-state index contributed by atoms with van der Waals surface area (Å²) in [6.45, 7) is 0. The van der Waals surface area contributed by atoms with E-state index < -0.39 is 0 Å². The van der Waals surface area contributed by atoms with E-state index in [4.69, 9.17) is 9.97 Å². The number of nitrogens with zero attached hydrogens (tertiary/aromatic N) is 3. The topological polar surface area (TPSA) is 30.7 Å². The highest BCUT2D eigenvalue weighted by Crippen LogP contribution is 2.45. The number of benzene rings is 10. The minimum atomic E-state index is 0.712. The maximum Gasteiger partial charge on any atom is 0.161 e. The first kappa shape index (κ1) is 31.7. The number of rotatable bonds is 4. The van der Waals surface area contributed by atoms with E-state index in [-0.39, 0.29) is 0 Å². The molecule has 0 aliphatic carbocycles. The van der Waals surface area contributed by atoms with Crippen LogP contribution in [-0.4, -0.2) is 14.5 Å². The van der Waals surface area contributed by atoms with E-state index in [1.54, 1.807) is 0 Å². The third-order valence-electron chi connectivity index (χ3n) is 11.8. The summed E-state index contributed by atoms with van der Waals surface area (Å²) >= 11 is 0. The predicted molar refractivity (Wildman–Crippen MR) is 240 cm³/mol. The van der Waals surface area contributed by atoms with E-state index in [0.717, 1.165) is 39.2 Å². The fourth-order valence-electron chi connectivity index (χ4n) is 9.21. The molecule has 2 aromatic heterocycles. The average Bonchev–Trinajstić information content (AvgIpc) is 3.64. The molecule has 0 saturated carbocycles. The van der Waals surface area contributed by atoms with Crippen LogP contribution in [-0.2, 0) is 0 Å². The van der Waals surface area contributed by atoms with Crippen molar-refractivity contribution in [3.05, 3.63) is 200 Å². The molecule has 264 valence electrons. The second kappa shape index (κ2) is 12.5. The van der Waals surface area contributed by atoms with Crippen LogP contribution in [0.3, 0.4) is 0 Å². The third-order valence-corrected chi connectivity index (χ3v) is 11.8. The van der Waals surface area contributed by atoms with Gasteiger partial charge in [-0.15, -0.1) is 0 Å². The van der Waals surface area contributed by atoms with Crippen LogP contribution in [0.4, 0.5) is 0 Å². The van der Waals surface area contributed by atoms with Gasteiger partial charge in [0.15, 0.2) is 5.82 Å². The molecule has 3 heteroatoms. The minimum Gasteiger partial charge on any atom is -0.309 e. The van der Waals surface area contributed by atoms with Crippen LogP contribution < -0.4 is 0 Å². The maximum absolute atomic E-state index is 5.31. The Hall–Kier alpha value is -7.62. The Morgan fingerprint density at radius 2 is 0.877 bits per heavy atom. The quantitative estimate of drug-likeness (QED) is 0.169. The van der Waals surface area contributed by atoms with Crippen molar-refractivity contribution in [2.24, 2.45) is 0 Å². The lowest BCUT2D eigenvalue weighted by Gasteiger charge is -2.15. The SMILES string of the molecule is c1ccc2c(-c3cc(-c4ccc(-n5c6ccccc6c6c7c8ccccc8ccc7c7ccccc7c65)cc4)nc(-c4cccc5ccccc45)n3)cccc2c1. The maximum atomic E-state index is 5.31. The van der Waals surface area contributed by atoms with Crippen molar-refractivity contribution < 1.29 is 0 Å². The van der Waals surface area contributed by atoms with Gasteiger partial charge in [0.2, 0.25) is 0 Å². The van der Waals surface area contributed by atoms with Gasteiger partial charge in [-0.25, -0.2) is 9.97 Å². The van der Waals surface area contributed by atoms with Crippen LogP contribution in [0.5, 0.6) is 0 Å². The smallest absolute Gasteiger partial charge is 0.161 e. The van der Waals surface area contributed by atoms with Crippen molar-refractivity contribution in [1.82, 2.24) is 14.5 Å². The standard InChI is InChI=1S/C54H33N3/c1-4-18-39-34(13-1)16-11-24-43(39)49-33-48(55-54(56-49)46-25-12-17-35-14-2-5-19-40(35)46)37-27-30-38(31-28-37)57-50-26-10-9-23-47(50)52-51-41-20-6-3-15-36(41)29-32-44(51)42-21-7-8-22-45(42)53(52)57/h1-33H. The zero-order chi connectivity index (χ0) is 37.5. The van der Waals surface area contributed by atoms with Crippen molar-refractivity contribution in [1.29, 1.82) is 0 Å². The summed E-state index contributed by atoms with van der Waals surface area (Å²) in [5, 5.41) is 14.8. The van der Waals surface area contributed by atoms with Crippen LogP contribution in [0.25, 0.3) is 115 Å². The first-order valence-corrected chi connectivity index (χ1v) is 19.5. The monoisotopic (exact) mass is 723 g/mol. The largest absolute Gasteiger partial charge is 0.309 e. The summed E-state index contributed by atoms with van der Waals surface area (Å²) in [6, 6.07) is 72.0. The Labute approximate surface area is 328 Å². The van der Waals surface area contributed by atoms with Gasteiger partial charge in [0, 0.05) is 43.9 Å². The van der Waals surface area contributed by atoms with Gasteiger partial charge in [-0.2, -0.15) is 0 Å². The Bertz CT molecular complexity index is 3470. The molecular weight excluding hydrogens is 691 g/mol. The van der Waals surface area contributed by atoms with Crippen LogP contribution in [0.2, 0.25) is 0 Å². The van der Waals surface area contributed by atoms with Crippen LogP contribution in [0.1, 0.15) is 0 Å². The molecular formula is C54H33N3. The highest BCUT2D eigenvalue weighted by atomic mass is 15.0. The van der Waals surface area contributed by atoms with Gasteiger partial charge in [-0.3, -0.25) is 0 Å². The first-order chi connectivity index (χ1) is 28.3. The minimum absolute atomic E-state index is 0.712. The van der Waals surface area contributed by atoms with E-state index in [1.807, 2.05) is 0 Å². The summed E-state index contributed by atoms with van der Waals surface area (Å²) in [5.74, 6) is 0.712. The van der Waals surface area contributed by atoms with Crippen LogP contribution in [0, 0.1) is 0 Å². The third kappa shape index (κ3) is 4.86. The van der Waals surface area contributed by atoms with Crippen molar-refractivity contribution in [3.63, 3.8) is 0 Å². The Morgan fingerprint density at radius 3 is 1.61 bits per heavy atom. The molecule has 0 bridgehead atoms. The molecule has 12 aromatic rings. The summed E-state index contributed by atoms with van der Waals surface area (Å²) < 4.78 is 2.46. The zero-order valence-electron chi connectivity index (χ0n) is 30.9. The van der Waals surface area contributed by atoms with E-state index in [0.29, 0.717) is 5.82 Å². The normalized spacial score (nSPS) is 11.9. The van der Waals surface area contributed by atoms with Gasteiger partial charge in [0.05, 0.1) is 22.4 Å². The summed E-state index contributed by atoms with van der Waals surface area (Å²) in [4.78, 5) is 10.6. The fraction of sp³-hybridized carbons (Fsp3) is 0. The Balaban J connectivity index is 1.10. The van der Waals surface area contributed by atoms with Gasteiger partial charge < -0.3 is 4.57 Å². The number of aromatic nitrogens is 3. The molecule has 0 N–H and O–H groups in total. The van der Waals surface area contributed by atoms with E-state index in [1.165, 1.54) is 70.3 Å². The van der Waals surface area contributed by atoms with Gasteiger partial charge in [-0.1, -0.05) is 176 Å². The van der Waals surface area contributed by atoms with Crippen molar-refractivity contribution in [2.45, 2.75) is 0 Å². The van der Waals surface area contributed by atoms with Crippen molar-refractivity contribution >= 4 is 75.7 Å². The van der Waals surface area contributed by atoms with Gasteiger partial charge in [0.1, 0.15) is 0 Å². The average molecular weight is 724 g/mol. The molecule has 0 spiro atoms. The molecule has 2 heterocycles. The van der Waals surface area contributed by atoms with Crippen LogP contribution in [0.15, 0.2) is 200 Å². The highest BCUT2D eigenvalue weighted by molar-refractivity contribution is 6.36. The van der Waals surface area contributed by atoms with Crippen molar-refractivity contribution in [3.8, 4) is 39.6 Å². The molecule has 57 heavy (non-hydrogen) atoms. The highest BCUT2D eigenvalue weighted by Gasteiger charge is 2.21. The summed E-state index contributed by atoms with van der Waals surface area (Å²) in [7, 11) is 0. The summed E-state index contributed by atoms with van der Waals surface area (Å²) in [5.41, 5.74) is 8.44. The van der Waals surface area contributed by atoms with Gasteiger partial charge >= 0.3 is 0 Å². The van der Waals surface area contributed by atoms with Gasteiger partial charge in [-0.05, 0) is 67.4 Å². The summed E-state index contributed by atoms with van der Waals surface area (Å²) in [6.07, 6.45) is 0. The number of fused-ring (bicyclic) bond motifs is 12. The molecule has 10 aromatic carbocycles. The van der Waals surface area contributed by atoms with Crippen molar-refractivity contribution in [2.75, 3.05) is 0 Å². The second-order valence-corrected chi connectivity index (χ2v) is 14.9. The second-order valence-electron chi connectivity index (χ2n) is 14.9.